The van der Waals surface area contributed by atoms with Crippen LogP contribution in [0.1, 0.15) is 10.6 Å². The molecule has 0 radical (unpaired) electrons. The minimum atomic E-state index is -1.18. The first-order valence-electron chi connectivity index (χ1n) is 3.71. The number of hydrogen-bond donors (Lipinski definition) is 1. The number of fused-ring (bicyclic) bond motifs is 1. The molecule has 0 saturated heterocycles. The zero-order valence-corrected chi connectivity index (χ0v) is 8.39. The summed E-state index contributed by atoms with van der Waals surface area (Å²) in [6.45, 7) is 0. The van der Waals surface area contributed by atoms with Gasteiger partial charge in [-0.05, 0) is 28.1 Å². The van der Waals surface area contributed by atoms with Crippen molar-refractivity contribution >= 4 is 32.9 Å². The fourth-order valence-corrected chi connectivity index (χ4v) is 1.45. The second-order valence-corrected chi connectivity index (χ2v) is 3.40. The van der Waals surface area contributed by atoms with Crippen LogP contribution in [0.25, 0.3) is 11.0 Å². The molecular formula is C8H4BrN3O2. The van der Waals surface area contributed by atoms with E-state index in [-0.39, 0.29) is 5.82 Å². The smallest absolute Gasteiger partial charge is 0.375 e. The highest BCUT2D eigenvalue weighted by Gasteiger charge is 2.09. The molecule has 0 unspecified atom stereocenters. The van der Waals surface area contributed by atoms with Crippen LogP contribution in [0, 0.1) is 0 Å². The number of benzene rings is 1. The molecule has 0 bridgehead atoms. The van der Waals surface area contributed by atoms with Crippen LogP contribution in [0.15, 0.2) is 22.7 Å². The van der Waals surface area contributed by atoms with Gasteiger partial charge in [0.05, 0.1) is 5.52 Å². The van der Waals surface area contributed by atoms with Crippen LogP contribution < -0.4 is 0 Å². The lowest BCUT2D eigenvalue weighted by molar-refractivity contribution is 0.0682. The van der Waals surface area contributed by atoms with Crippen LogP contribution >= 0.6 is 15.9 Å². The summed E-state index contributed by atoms with van der Waals surface area (Å²) in [6, 6.07) is 5.23. The van der Waals surface area contributed by atoms with Gasteiger partial charge in [-0.25, -0.2) is 9.78 Å². The predicted molar refractivity (Wildman–Crippen MR) is 52.0 cm³/mol. The average molecular weight is 254 g/mol. The second-order valence-electron chi connectivity index (χ2n) is 2.55. The summed E-state index contributed by atoms with van der Waals surface area (Å²) >= 11 is 3.27. The van der Waals surface area contributed by atoms with Crippen molar-refractivity contribution < 1.29 is 9.90 Å². The third-order valence-corrected chi connectivity index (χ3v) is 2.27. The van der Waals surface area contributed by atoms with Gasteiger partial charge < -0.3 is 5.11 Å². The van der Waals surface area contributed by atoms with Crippen molar-refractivity contribution in [2.24, 2.45) is 0 Å². The van der Waals surface area contributed by atoms with E-state index in [9.17, 15) is 4.79 Å². The SMILES string of the molecule is O=C(O)c1nnc2c(Br)cccc2n1. The van der Waals surface area contributed by atoms with Crippen molar-refractivity contribution in [3.63, 3.8) is 0 Å². The molecule has 6 heteroatoms. The first-order valence-corrected chi connectivity index (χ1v) is 4.50. The highest BCUT2D eigenvalue weighted by atomic mass is 79.9. The van der Waals surface area contributed by atoms with Crippen LogP contribution in [0.4, 0.5) is 0 Å². The normalized spacial score (nSPS) is 10.4. The van der Waals surface area contributed by atoms with Crippen LogP contribution in [0.2, 0.25) is 0 Å². The summed E-state index contributed by atoms with van der Waals surface area (Å²) < 4.78 is 0.743. The van der Waals surface area contributed by atoms with Crippen molar-refractivity contribution in [1.29, 1.82) is 0 Å². The maximum absolute atomic E-state index is 10.6. The summed E-state index contributed by atoms with van der Waals surface area (Å²) in [4.78, 5) is 14.4. The molecule has 0 saturated carbocycles. The number of hydrogen-bond acceptors (Lipinski definition) is 4. The van der Waals surface area contributed by atoms with E-state index >= 15 is 0 Å². The van der Waals surface area contributed by atoms with E-state index in [4.69, 9.17) is 5.11 Å². The van der Waals surface area contributed by atoms with Crippen molar-refractivity contribution in [3.8, 4) is 0 Å². The lowest BCUT2D eigenvalue weighted by Gasteiger charge is -1.97. The molecule has 14 heavy (non-hydrogen) atoms. The molecule has 1 aromatic heterocycles. The highest BCUT2D eigenvalue weighted by molar-refractivity contribution is 9.10. The Labute approximate surface area is 86.9 Å². The Bertz CT molecular complexity index is 515. The van der Waals surface area contributed by atoms with Gasteiger partial charge in [0, 0.05) is 4.47 Å². The topological polar surface area (TPSA) is 76.0 Å². The quantitative estimate of drug-likeness (QED) is 0.834. The Hall–Kier alpha value is -1.56. The first-order chi connectivity index (χ1) is 6.68. The lowest BCUT2D eigenvalue weighted by Crippen LogP contribution is -2.05. The number of carbonyl (C=O) groups is 1. The average Bonchev–Trinajstić information content (AvgIpc) is 2.17. The number of aromatic nitrogens is 3. The van der Waals surface area contributed by atoms with Crippen LogP contribution in [-0.2, 0) is 0 Å². The Morgan fingerprint density at radius 1 is 1.36 bits per heavy atom. The molecule has 0 aliphatic rings. The molecule has 0 atom stereocenters. The van der Waals surface area contributed by atoms with Gasteiger partial charge >= 0.3 is 5.97 Å². The van der Waals surface area contributed by atoms with Gasteiger partial charge in [0.1, 0.15) is 5.52 Å². The third-order valence-electron chi connectivity index (χ3n) is 1.63. The van der Waals surface area contributed by atoms with Gasteiger partial charge in [-0.2, -0.15) is 0 Å². The molecule has 0 fully saturated rings. The second kappa shape index (κ2) is 3.30. The van der Waals surface area contributed by atoms with Gasteiger partial charge in [-0.15, -0.1) is 10.2 Å². The van der Waals surface area contributed by atoms with Gasteiger partial charge in [-0.1, -0.05) is 6.07 Å². The number of halogens is 1. The number of nitrogens with zero attached hydrogens (tertiary/aromatic N) is 3. The number of aromatic carboxylic acids is 1. The molecule has 2 aromatic rings. The maximum atomic E-state index is 10.6. The van der Waals surface area contributed by atoms with E-state index in [1.165, 1.54) is 0 Å². The van der Waals surface area contributed by atoms with Crippen molar-refractivity contribution in [2.75, 3.05) is 0 Å². The Morgan fingerprint density at radius 2 is 2.14 bits per heavy atom. The zero-order chi connectivity index (χ0) is 10.1. The Morgan fingerprint density at radius 3 is 2.86 bits per heavy atom. The molecule has 0 aliphatic carbocycles. The molecule has 2 rings (SSSR count). The molecule has 1 heterocycles. The molecular weight excluding hydrogens is 250 g/mol. The first kappa shape index (κ1) is 9.01. The molecule has 5 nitrogen and oxygen atoms in total. The third kappa shape index (κ3) is 1.44. The van der Waals surface area contributed by atoms with E-state index in [1.54, 1.807) is 18.2 Å². The minimum Gasteiger partial charge on any atom is -0.475 e. The van der Waals surface area contributed by atoms with Crippen LogP contribution in [0.3, 0.4) is 0 Å². The van der Waals surface area contributed by atoms with E-state index in [0.717, 1.165) is 4.47 Å². The zero-order valence-electron chi connectivity index (χ0n) is 6.81. The lowest BCUT2D eigenvalue weighted by atomic mass is 10.3. The molecule has 70 valence electrons. The largest absolute Gasteiger partial charge is 0.475 e. The van der Waals surface area contributed by atoms with Crippen LogP contribution in [-0.4, -0.2) is 26.3 Å². The van der Waals surface area contributed by atoms with E-state index in [2.05, 4.69) is 31.1 Å². The predicted octanol–water partition coefficient (Wildman–Crippen LogP) is 1.49. The van der Waals surface area contributed by atoms with Gasteiger partial charge in [0.2, 0.25) is 0 Å². The fourth-order valence-electron chi connectivity index (χ4n) is 1.02. The Balaban J connectivity index is 2.73. The number of carboxylic acid groups (broad SMARTS) is 1. The number of rotatable bonds is 1. The monoisotopic (exact) mass is 253 g/mol. The summed E-state index contributed by atoms with van der Waals surface area (Å²) in [6.07, 6.45) is 0. The fraction of sp³-hybridized carbons (Fsp3) is 0. The summed E-state index contributed by atoms with van der Waals surface area (Å²) in [5.41, 5.74) is 1.06. The molecule has 1 aromatic carbocycles. The maximum Gasteiger partial charge on any atom is 0.375 e. The van der Waals surface area contributed by atoms with E-state index < -0.39 is 5.97 Å². The van der Waals surface area contributed by atoms with Crippen molar-refractivity contribution in [1.82, 2.24) is 15.2 Å². The number of carboxylic acids is 1. The van der Waals surface area contributed by atoms with Crippen molar-refractivity contribution in [3.05, 3.63) is 28.5 Å². The van der Waals surface area contributed by atoms with Gasteiger partial charge in [0.15, 0.2) is 0 Å². The van der Waals surface area contributed by atoms with Gasteiger partial charge in [-0.3, -0.25) is 0 Å². The Kier molecular flexibility index (Phi) is 2.12. The highest BCUT2D eigenvalue weighted by Crippen LogP contribution is 2.19. The molecule has 1 N–H and O–H groups in total. The van der Waals surface area contributed by atoms with E-state index in [0.29, 0.717) is 11.0 Å². The van der Waals surface area contributed by atoms with E-state index in [1.807, 2.05) is 0 Å². The molecule has 0 amide bonds. The van der Waals surface area contributed by atoms with Crippen LogP contribution in [0.5, 0.6) is 0 Å². The standard InChI is InChI=1S/C8H4BrN3O2/c9-4-2-1-3-5-6(4)11-12-7(10-5)8(13)14/h1-3H,(H,13,14). The summed E-state index contributed by atoms with van der Waals surface area (Å²) in [5.74, 6) is -1.48. The van der Waals surface area contributed by atoms with Crippen molar-refractivity contribution in [2.45, 2.75) is 0 Å². The molecule has 0 spiro atoms. The summed E-state index contributed by atoms with van der Waals surface area (Å²) in [7, 11) is 0. The summed E-state index contributed by atoms with van der Waals surface area (Å²) in [5, 5.41) is 15.9. The minimum absolute atomic E-state index is 0.296. The van der Waals surface area contributed by atoms with Gasteiger partial charge in [0.25, 0.3) is 5.82 Å². The molecule has 0 aliphatic heterocycles.